The third-order valence-corrected chi connectivity index (χ3v) is 3.61. The summed E-state index contributed by atoms with van der Waals surface area (Å²) in [6, 6.07) is 7.55. The molecule has 0 aliphatic heterocycles. The quantitative estimate of drug-likeness (QED) is 0.457. The molecule has 0 unspecified atom stereocenters. The molecule has 6 heteroatoms. The molecule has 0 spiro atoms. The van der Waals surface area contributed by atoms with E-state index in [9.17, 15) is 4.79 Å². The largest absolute Gasteiger partial charge is 0.383 e. The van der Waals surface area contributed by atoms with Gasteiger partial charge in [0.05, 0.1) is 0 Å². The summed E-state index contributed by atoms with van der Waals surface area (Å²) in [5.74, 6) is 0.330. The molecule has 124 valence electrons. The highest BCUT2D eigenvalue weighted by molar-refractivity contribution is 6.31. The fourth-order valence-electron chi connectivity index (χ4n) is 1.91. The van der Waals surface area contributed by atoms with Crippen molar-refractivity contribution in [3.63, 3.8) is 0 Å². The van der Waals surface area contributed by atoms with Crippen LogP contribution < -0.4 is 16.0 Å². The SMILES string of the molecule is CN/C(C(=O)NC(NCc1ccccc1Cl)=C(C)C)=C(/C)C=N. The highest BCUT2D eigenvalue weighted by atomic mass is 35.5. The molecule has 0 heterocycles. The van der Waals surface area contributed by atoms with Gasteiger partial charge in [0.2, 0.25) is 0 Å². The van der Waals surface area contributed by atoms with Crippen molar-refractivity contribution in [3.05, 3.63) is 57.5 Å². The van der Waals surface area contributed by atoms with Crippen LogP contribution in [0.15, 0.2) is 46.9 Å². The van der Waals surface area contributed by atoms with Crippen molar-refractivity contribution in [1.82, 2.24) is 16.0 Å². The molecular formula is C17H23ClN4O. The van der Waals surface area contributed by atoms with E-state index in [1.54, 1.807) is 14.0 Å². The van der Waals surface area contributed by atoms with E-state index in [-0.39, 0.29) is 5.91 Å². The third-order valence-electron chi connectivity index (χ3n) is 3.24. The summed E-state index contributed by atoms with van der Waals surface area (Å²) in [4.78, 5) is 12.3. The second kappa shape index (κ2) is 9.00. The summed E-state index contributed by atoms with van der Waals surface area (Å²) in [5.41, 5.74) is 2.80. The molecule has 1 aromatic rings. The molecule has 23 heavy (non-hydrogen) atoms. The average Bonchev–Trinajstić information content (AvgIpc) is 2.52. The number of likely N-dealkylation sites (N-methyl/N-ethyl adjacent to an activating group) is 1. The minimum absolute atomic E-state index is 0.295. The molecule has 0 fully saturated rings. The molecule has 0 bridgehead atoms. The van der Waals surface area contributed by atoms with Gasteiger partial charge >= 0.3 is 0 Å². The van der Waals surface area contributed by atoms with Crippen LogP contribution >= 0.6 is 11.6 Å². The lowest BCUT2D eigenvalue weighted by Crippen LogP contribution is -2.36. The van der Waals surface area contributed by atoms with Gasteiger partial charge in [-0.3, -0.25) is 4.79 Å². The van der Waals surface area contributed by atoms with Gasteiger partial charge in [0, 0.05) is 24.8 Å². The van der Waals surface area contributed by atoms with Crippen molar-refractivity contribution in [2.45, 2.75) is 27.3 Å². The number of allylic oxidation sites excluding steroid dienone is 2. The van der Waals surface area contributed by atoms with Crippen LogP contribution in [0.5, 0.6) is 0 Å². The molecule has 0 saturated heterocycles. The Morgan fingerprint density at radius 1 is 1.26 bits per heavy atom. The molecule has 1 amide bonds. The number of nitrogens with one attached hydrogen (secondary N) is 4. The van der Waals surface area contributed by atoms with Crippen LogP contribution in [0, 0.1) is 5.41 Å². The second-order valence-electron chi connectivity index (χ2n) is 5.23. The summed E-state index contributed by atoms with van der Waals surface area (Å²) >= 11 is 6.14. The zero-order chi connectivity index (χ0) is 17.4. The Labute approximate surface area is 142 Å². The number of benzene rings is 1. The van der Waals surface area contributed by atoms with Crippen LogP contribution in [0.3, 0.4) is 0 Å². The molecule has 1 rings (SSSR count). The van der Waals surface area contributed by atoms with Crippen molar-refractivity contribution in [1.29, 1.82) is 5.41 Å². The van der Waals surface area contributed by atoms with Gasteiger partial charge in [-0.05, 0) is 43.5 Å². The van der Waals surface area contributed by atoms with Gasteiger partial charge in [0.15, 0.2) is 0 Å². The van der Waals surface area contributed by atoms with Crippen LogP contribution in [0.4, 0.5) is 0 Å². The molecule has 0 atom stereocenters. The van der Waals surface area contributed by atoms with E-state index in [0.717, 1.165) is 17.4 Å². The Bertz CT molecular complexity index is 646. The van der Waals surface area contributed by atoms with E-state index in [1.165, 1.54) is 0 Å². The first-order valence-corrected chi connectivity index (χ1v) is 7.63. The number of halogens is 1. The third kappa shape index (κ3) is 5.45. The van der Waals surface area contributed by atoms with Crippen molar-refractivity contribution in [2.75, 3.05) is 7.05 Å². The fraction of sp³-hybridized carbons (Fsp3) is 0.294. The van der Waals surface area contributed by atoms with E-state index < -0.39 is 0 Å². The Morgan fingerprint density at radius 2 is 1.91 bits per heavy atom. The first kappa shape index (κ1) is 18.8. The predicted octanol–water partition coefficient (Wildman–Crippen LogP) is 2.94. The van der Waals surface area contributed by atoms with Crippen LogP contribution in [0.1, 0.15) is 26.3 Å². The number of hydrogen-bond donors (Lipinski definition) is 4. The second-order valence-corrected chi connectivity index (χ2v) is 5.63. The van der Waals surface area contributed by atoms with E-state index in [1.807, 2.05) is 38.1 Å². The highest BCUT2D eigenvalue weighted by Gasteiger charge is 2.13. The molecule has 0 aliphatic rings. The Hall–Kier alpha value is -2.27. The number of hydrogen-bond acceptors (Lipinski definition) is 4. The zero-order valence-corrected chi connectivity index (χ0v) is 14.6. The standard InChI is InChI=1S/C17H23ClN4O/c1-11(2)16(21-10-13-7-5-6-8-14(13)18)22-17(23)15(20-4)12(3)9-19/h5-9,19-21H,10H2,1-4H3,(H,22,23)/b15-12-,19-9?. The normalized spacial score (nSPS) is 11.2. The van der Waals surface area contributed by atoms with Crippen molar-refractivity contribution in [3.8, 4) is 0 Å². The molecule has 0 aromatic heterocycles. The van der Waals surface area contributed by atoms with E-state index >= 15 is 0 Å². The van der Waals surface area contributed by atoms with Crippen LogP contribution in [0.25, 0.3) is 0 Å². The smallest absolute Gasteiger partial charge is 0.273 e. The lowest BCUT2D eigenvalue weighted by atomic mass is 10.2. The summed E-state index contributed by atoms with van der Waals surface area (Å²) < 4.78 is 0. The summed E-state index contributed by atoms with van der Waals surface area (Å²) in [6.45, 7) is 6.02. The maximum atomic E-state index is 12.3. The summed E-state index contributed by atoms with van der Waals surface area (Å²) in [5, 5.41) is 16.8. The Kier molecular flexibility index (Phi) is 7.35. The lowest BCUT2D eigenvalue weighted by molar-refractivity contribution is -0.117. The van der Waals surface area contributed by atoms with Gasteiger partial charge in [0.25, 0.3) is 5.91 Å². The van der Waals surface area contributed by atoms with Gasteiger partial charge in [-0.1, -0.05) is 29.8 Å². The highest BCUT2D eigenvalue weighted by Crippen LogP contribution is 2.15. The van der Waals surface area contributed by atoms with Gasteiger partial charge < -0.3 is 21.4 Å². The summed E-state index contributed by atoms with van der Waals surface area (Å²) in [6.07, 6.45) is 1.14. The molecule has 1 aromatic carbocycles. The van der Waals surface area contributed by atoms with Crippen molar-refractivity contribution < 1.29 is 4.79 Å². The number of rotatable bonds is 7. The first-order valence-electron chi connectivity index (χ1n) is 7.25. The number of amides is 1. The van der Waals surface area contributed by atoms with Gasteiger partial charge in [-0.15, -0.1) is 0 Å². The number of carbonyl (C=O) groups is 1. The zero-order valence-electron chi connectivity index (χ0n) is 13.9. The van der Waals surface area contributed by atoms with Crippen LogP contribution in [-0.4, -0.2) is 19.2 Å². The fourth-order valence-corrected chi connectivity index (χ4v) is 2.11. The van der Waals surface area contributed by atoms with Gasteiger partial charge in [-0.25, -0.2) is 0 Å². The van der Waals surface area contributed by atoms with Gasteiger partial charge in [-0.2, -0.15) is 0 Å². The van der Waals surface area contributed by atoms with Gasteiger partial charge in [0.1, 0.15) is 11.5 Å². The summed E-state index contributed by atoms with van der Waals surface area (Å²) in [7, 11) is 1.65. The minimum Gasteiger partial charge on any atom is -0.383 e. The molecule has 4 N–H and O–H groups in total. The lowest BCUT2D eigenvalue weighted by Gasteiger charge is -2.17. The predicted molar refractivity (Wildman–Crippen MR) is 95.4 cm³/mol. The monoisotopic (exact) mass is 334 g/mol. The average molecular weight is 335 g/mol. The molecular weight excluding hydrogens is 312 g/mol. The minimum atomic E-state index is -0.295. The van der Waals surface area contributed by atoms with E-state index in [0.29, 0.717) is 28.7 Å². The van der Waals surface area contributed by atoms with Crippen molar-refractivity contribution in [2.24, 2.45) is 0 Å². The molecule has 0 saturated carbocycles. The van der Waals surface area contributed by atoms with Crippen LogP contribution in [0.2, 0.25) is 5.02 Å². The maximum Gasteiger partial charge on any atom is 0.273 e. The maximum absolute atomic E-state index is 12.3. The Balaban J connectivity index is 2.86. The molecule has 0 aliphatic carbocycles. The van der Waals surface area contributed by atoms with E-state index in [2.05, 4.69) is 16.0 Å². The Morgan fingerprint density at radius 3 is 2.43 bits per heavy atom. The topological polar surface area (TPSA) is 77.0 Å². The first-order chi connectivity index (χ1) is 10.9. The van der Waals surface area contributed by atoms with Crippen molar-refractivity contribution >= 4 is 23.7 Å². The van der Waals surface area contributed by atoms with E-state index in [4.69, 9.17) is 17.0 Å². The molecule has 5 nitrogen and oxygen atoms in total. The molecule has 0 radical (unpaired) electrons. The number of carbonyl (C=O) groups excluding carboxylic acids is 1. The van der Waals surface area contributed by atoms with Crippen LogP contribution in [-0.2, 0) is 11.3 Å².